The van der Waals surface area contributed by atoms with Gasteiger partial charge in [-0.05, 0) is 30.2 Å². The van der Waals surface area contributed by atoms with Gasteiger partial charge in [0.05, 0.1) is 0 Å². The molecule has 1 heterocycles. The van der Waals surface area contributed by atoms with Crippen molar-refractivity contribution < 1.29 is 14.0 Å². The zero-order chi connectivity index (χ0) is 11.7. The fraction of sp³-hybridized carbons (Fsp3) is 0.273. The van der Waals surface area contributed by atoms with Gasteiger partial charge in [0.15, 0.2) is 0 Å². The van der Waals surface area contributed by atoms with Crippen LogP contribution in [0, 0.1) is 5.82 Å². The first-order chi connectivity index (χ1) is 7.58. The molecule has 0 aliphatic carbocycles. The highest BCUT2D eigenvalue weighted by Gasteiger charge is 2.25. The van der Waals surface area contributed by atoms with Crippen LogP contribution in [-0.4, -0.2) is 18.4 Å². The van der Waals surface area contributed by atoms with Crippen LogP contribution in [-0.2, 0) is 16.0 Å². The number of carbonyl (C=O) groups is 2. The maximum Gasteiger partial charge on any atom is 0.237 e. The first-order valence-corrected chi connectivity index (χ1v) is 4.95. The minimum absolute atomic E-state index is 0.155. The third-order valence-electron chi connectivity index (χ3n) is 2.56. The van der Waals surface area contributed by atoms with E-state index in [-0.39, 0.29) is 24.7 Å². The zero-order valence-electron chi connectivity index (χ0n) is 8.57. The highest BCUT2D eigenvalue weighted by molar-refractivity contribution is 6.00. The summed E-state index contributed by atoms with van der Waals surface area (Å²) in [6.45, 7) is -0.155. The number of aryl methyl sites for hydroxylation is 1. The SMILES string of the molecule is NC(=O)CN1C(=O)CCc2cc(F)ccc21. The largest absolute Gasteiger partial charge is 0.368 e. The Morgan fingerprint density at radius 1 is 1.44 bits per heavy atom. The Bertz CT molecular complexity index is 459. The lowest BCUT2D eigenvalue weighted by Crippen LogP contribution is -2.41. The van der Waals surface area contributed by atoms with E-state index in [1.807, 2.05) is 0 Å². The number of nitrogens with two attached hydrogens (primary N) is 1. The van der Waals surface area contributed by atoms with Gasteiger partial charge in [-0.1, -0.05) is 0 Å². The number of nitrogens with zero attached hydrogens (tertiary/aromatic N) is 1. The molecule has 0 bridgehead atoms. The Balaban J connectivity index is 2.40. The molecule has 0 fully saturated rings. The van der Waals surface area contributed by atoms with Crippen molar-refractivity contribution in [3.63, 3.8) is 0 Å². The first-order valence-electron chi connectivity index (χ1n) is 4.95. The van der Waals surface area contributed by atoms with E-state index in [0.717, 1.165) is 5.56 Å². The summed E-state index contributed by atoms with van der Waals surface area (Å²) in [4.78, 5) is 23.8. The van der Waals surface area contributed by atoms with E-state index in [2.05, 4.69) is 0 Å². The van der Waals surface area contributed by atoms with E-state index < -0.39 is 5.91 Å². The van der Waals surface area contributed by atoms with Crippen LogP contribution in [0.5, 0.6) is 0 Å². The minimum Gasteiger partial charge on any atom is -0.368 e. The second kappa shape index (κ2) is 3.92. The van der Waals surface area contributed by atoms with Crippen molar-refractivity contribution in [2.24, 2.45) is 5.73 Å². The molecule has 0 radical (unpaired) electrons. The molecule has 16 heavy (non-hydrogen) atoms. The minimum atomic E-state index is -0.578. The number of hydrogen-bond donors (Lipinski definition) is 1. The lowest BCUT2D eigenvalue weighted by molar-refractivity contribution is -0.122. The average Bonchev–Trinajstić information content (AvgIpc) is 2.22. The molecule has 4 nitrogen and oxygen atoms in total. The van der Waals surface area contributed by atoms with E-state index in [4.69, 9.17) is 5.73 Å². The molecule has 1 aliphatic heterocycles. The highest BCUT2D eigenvalue weighted by atomic mass is 19.1. The summed E-state index contributed by atoms with van der Waals surface area (Å²) >= 11 is 0. The van der Waals surface area contributed by atoms with Crippen LogP contribution < -0.4 is 10.6 Å². The third kappa shape index (κ3) is 1.88. The van der Waals surface area contributed by atoms with Crippen molar-refractivity contribution in [3.8, 4) is 0 Å². The van der Waals surface area contributed by atoms with E-state index >= 15 is 0 Å². The van der Waals surface area contributed by atoms with Crippen LogP contribution in [0.1, 0.15) is 12.0 Å². The van der Waals surface area contributed by atoms with Gasteiger partial charge in [0.25, 0.3) is 0 Å². The molecule has 84 valence electrons. The Morgan fingerprint density at radius 3 is 2.88 bits per heavy atom. The molecular formula is C11H11FN2O2. The van der Waals surface area contributed by atoms with Crippen LogP contribution in [0.3, 0.4) is 0 Å². The Hall–Kier alpha value is -1.91. The monoisotopic (exact) mass is 222 g/mol. The number of amides is 2. The maximum absolute atomic E-state index is 13.0. The van der Waals surface area contributed by atoms with Crippen LogP contribution in [0.25, 0.3) is 0 Å². The highest BCUT2D eigenvalue weighted by Crippen LogP contribution is 2.27. The van der Waals surface area contributed by atoms with Gasteiger partial charge in [-0.15, -0.1) is 0 Å². The van der Waals surface area contributed by atoms with Gasteiger partial charge in [-0.25, -0.2) is 4.39 Å². The molecule has 0 saturated carbocycles. The van der Waals surface area contributed by atoms with Gasteiger partial charge < -0.3 is 10.6 Å². The van der Waals surface area contributed by atoms with E-state index in [1.165, 1.54) is 23.1 Å². The number of primary amides is 1. The van der Waals surface area contributed by atoms with Crippen molar-refractivity contribution in [1.29, 1.82) is 0 Å². The molecule has 2 amide bonds. The van der Waals surface area contributed by atoms with Gasteiger partial charge in [0.1, 0.15) is 12.4 Å². The number of rotatable bonds is 2. The molecule has 0 unspecified atom stereocenters. The number of anilines is 1. The average molecular weight is 222 g/mol. The summed E-state index contributed by atoms with van der Waals surface area (Å²) in [5.74, 6) is -1.07. The zero-order valence-corrected chi connectivity index (χ0v) is 8.57. The van der Waals surface area contributed by atoms with Gasteiger partial charge in [-0.2, -0.15) is 0 Å². The second-order valence-corrected chi connectivity index (χ2v) is 3.72. The van der Waals surface area contributed by atoms with Gasteiger partial charge in [0, 0.05) is 12.1 Å². The van der Waals surface area contributed by atoms with Crippen LogP contribution in [0.2, 0.25) is 0 Å². The summed E-state index contributed by atoms with van der Waals surface area (Å²) in [5.41, 5.74) is 6.38. The fourth-order valence-corrected chi connectivity index (χ4v) is 1.86. The number of fused-ring (bicyclic) bond motifs is 1. The fourth-order valence-electron chi connectivity index (χ4n) is 1.86. The van der Waals surface area contributed by atoms with Crippen LogP contribution in [0.4, 0.5) is 10.1 Å². The molecule has 0 atom stereocenters. The van der Waals surface area contributed by atoms with E-state index in [9.17, 15) is 14.0 Å². The summed E-state index contributed by atoms with van der Waals surface area (Å²) in [5, 5.41) is 0. The summed E-state index contributed by atoms with van der Waals surface area (Å²) < 4.78 is 13.0. The molecule has 5 heteroatoms. The van der Waals surface area contributed by atoms with Crippen molar-refractivity contribution in [2.75, 3.05) is 11.4 Å². The molecule has 0 spiro atoms. The lowest BCUT2D eigenvalue weighted by Gasteiger charge is -2.28. The van der Waals surface area contributed by atoms with E-state index in [0.29, 0.717) is 12.1 Å². The molecule has 1 aromatic carbocycles. The standard InChI is InChI=1S/C11H11FN2O2/c12-8-2-3-9-7(5-8)1-4-11(16)14(9)6-10(13)15/h2-3,5H,1,4,6H2,(H2,13,15). The van der Waals surface area contributed by atoms with Crippen LogP contribution >= 0.6 is 0 Å². The third-order valence-corrected chi connectivity index (χ3v) is 2.56. The van der Waals surface area contributed by atoms with Crippen molar-refractivity contribution in [3.05, 3.63) is 29.6 Å². The predicted molar refractivity (Wildman–Crippen MR) is 56.3 cm³/mol. The van der Waals surface area contributed by atoms with Crippen LogP contribution in [0.15, 0.2) is 18.2 Å². The maximum atomic E-state index is 13.0. The lowest BCUT2D eigenvalue weighted by atomic mass is 10.0. The number of benzene rings is 1. The quantitative estimate of drug-likeness (QED) is 0.796. The first kappa shape index (κ1) is 10.6. The Kier molecular flexibility index (Phi) is 2.60. The summed E-state index contributed by atoms with van der Waals surface area (Å²) in [6, 6.07) is 4.16. The molecule has 2 N–H and O–H groups in total. The summed E-state index contributed by atoms with van der Waals surface area (Å²) in [7, 11) is 0. The van der Waals surface area contributed by atoms with Gasteiger partial charge >= 0.3 is 0 Å². The molecule has 0 aromatic heterocycles. The number of carbonyl (C=O) groups excluding carboxylic acids is 2. The smallest absolute Gasteiger partial charge is 0.237 e. The Labute approximate surface area is 91.8 Å². The number of hydrogen-bond acceptors (Lipinski definition) is 2. The summed E-state index contributed by atoms with van der Waals surface area (Å²) in [6.07, 6.45) is 0.783. The number of halogens is 1. The van der Waals surface area contributed by atoms with E-state index in [1.54, 1.807) is 0 Å². The van der Waals surface area contributed by atoms with Crippen molar-refractivity contribution in [1.82, 2.24) is 0 Å². The van der Waals surface area contributed by atoms with Crippen molar-refractivity contribution in [2.45, 2.75) is 12.8 Å². The molecule has 0 saturated heterocycles. The van der Waals surface area contributed by atoms with Crippen molar-refractivity contribution >= 4 is 17.5 Å². The van der Waals surface area contributed by atoms with Gasteiger partial charge in [-0.3, -0.25) is 9.59 Å². The normalized spacial score (nSPS) is 14.8. The predicted octanol–water partition coefficient (Wildman–Crippen LogP) is 0.590. The molecule has 1 aromatic rings. The second-order valence-electron chi connectivity index (χ2n) is 3.72. The molecule has 1 aliphatic rings. The Morgan fingerprint density at radius 2 is 2.19 bits per heavy atom. The molecule has 2 rings (SSSR count). The topological polar surface area (TPSA) is 63.4 Å². The van der Waals surface area contributed by atoms with Gasteiger partial charge in [0.2, 0.25) is 11.8 Å². The molecular weight excluding hydrogens is 211 g/mol.